The van der Waals surface area contributed by atoms with Gasteiger partial charge in [-0.25, -0.2) is 9.37 Å². The fourth-order valence-corrected chi connectivity index (χ4v) is 3.75. The number of aliphatic hydroxyl groups excluding tert-OH is 1. The summed E-state index contributed by atoms with van der Waals surface area (Å²) in [6.07, 6.45) is 6.19. The molecule has 0 aliphatic carbocycles. The number of rotatable bonds is 8. The van der Waals surface area contributed by atoms with Crippen LogP contribution in [0.2, 0.25) is 5.02 Å². The molecule has 0 saturated heterocycles. The molecule has 0 aliphatic heterocycles. The van der Waals surface area contributed by atoms with Crippen LogP contribution >= 0.6 is 11.6 Å². The third kappa shape index (κ3) is 4.36. The smallest absolute Gasteiger partial charge is 0.320 e. The number of aromatic nitrogens is 6. The van der Waals surface area contributed by atoms with Gasteiger partial charge in [0.1, 0.15) is 18.5 Å². The molecule has 4 aromatic heterocycles. The Bertz CT molecular complexity index is 1450. The maximum absolute atomic E-state index is 12.3. The van der Waals surface area contributed by atoms with E-state index in [0.717, 1.165) is 16.5 Å². The van der Waals surface area contributed by atoms with Gasteiger partial charge < -0.3 is 19.8 Å². The Balaban J connectivity index is 1.38. The molecule has 0 fully saturated rings. The van der Waals surface area contributed by atoms with Crippen molar-refractivity contribution in [3.05, 3.63) is 59.6 Å². The number of nitrogens with one attached hydrogen (secondary N) is 3. The van der Waals surface area contributed by atoms with E-state index in [9.17, 15) is 9.50 Å². The van der Waals surface area contributed by atoms with Gasteiger partial charge in [-0.1, -0.05) is 22.8 Å². The van der Waals surface area contributed by atoms with E-state index in [4.69, 9.17) is 16.0 Å². The van der Waals surface area contributed by atoms with Gasteiger partial charge in [0.15, 0.2) is 0 Å². The number of aromatic amines is 1. The van der Waals surface area contributed by atoms with E-state index in [1.54, 1.807) is 41.5 Å². The number of halogens is 2. The number of benzene rings is 1. The molecule has 1 aromatic carbocycles. The molecule has 5 rings (SSSR count). The van der Waals surface area contributed by atoms with Crippen molar-refractivity contribution < 1.29 is 13.9 Å². The summed E-state index contributed by atoms with van der Waals surface area (Å²) in [6, 6.07) is 7.03. The number of H-pyrrole nitrogens is 1. The summed E-state index contributed by atoms with van der Waals surface area (Å²) >= 11 is 6.33. The molecular formula is C22H20ClFN8O2. The Morgan fingerprint density at radius 1 is 1.24 bits per heavy atom. The van der Waals surface area contributed by atoms with Crippen molar-refractivity contribution in [1.82, 2.24) is 35.3 Å². The van der Waals surface area contributed by atoms with Crippen molar-refractivity contribution in [3.8, 4) is 22.6 Å². The maximum Gasteiger partial charge on any atom is 0.320 e. The lowest BCUT2D eigenvalue weighted by Crippen LogP contribution is -2.23. The number of fused-ring (bicyclic) bond motifs is 1. The molecule has 4 N–H and O–H groups in total. The summed E-state index contributed by atoms with van der Waals surface area (Å²) in [7, 11) is 1.86. The zero-order chi connectivity index (χ0) is 23.7. The Morgan fingerprint density at radius 3 is 2.88 bits per heavy atom. The number of hydrogen-bond donors (Lipinski definition) is 4. The van der Waals surface area contributed by atoms with Crippen LogP contribution in [0.3, 0.4) is 0 Å². The highest BCUT2D eigenvalue weighted by Crippen LogP contribution is 2.32. The fraction of sp³-hybridized carbons (Fsp3) is 0.182. The van der Waals surface area contributed by atoms with Crippen molar-refractivity contribution >= 4 is 34.3 Å². The summed E-state index contributed by atoms with van der Waals surface area (Å²) in [6.45, 7) is -0.544. The molecule has 0 aliphatic rings. The van der Waals surface area contributed by atoms with Crippen molar-refractivity contribution in [1.29, 1.82) is 0 Å². The molecule has 0 bridgehead atoms. The average Bonchev–Trinajstić information content (AvgIpc) is 3.58. The van der Waals surface area contributed by atoms with Crippen LogP contribution in [0.15, 0.2) is 53.5 Å². The van der Waals surface area contributed by atoms with Gasteiger partial charge in [0.05, 0.1) is 22.5 Å². The fourth-order valence-electron chi connectivity index (χ4n) is 3.52. The molecule has 0 amide bonds. The highest BCUT2D eigenvalue weighted by atomic mass is 35.5. The van der Waals surface area contributed by atoms with E-state index in [0.29, 0.717) is 33.4 Å². The van der Waals surface area contributed by atoms with Crippen LogP contribution in [0, 0.1) is 0 Å². The zero-order valence-corrected chi connectivity index (χ0v) is 18.7. The monoisotopic (exact) mass is 482 g/mol. The molecule has 0 spiro atoms. The van der Waals surface area contributed by atoms with Gasteiger partial charge in [-0.2, -0.15) is 5.10 Å². The quantitative estimate of drug-likeness (QED) is 0.244. The van der Waals surface area contributed by atoms with Crippen LogP contribution in [-0.2, 0) is 7.05 Å². The summed E-state index contributed by atoms with van der Waals surface area (Å²) in [4.78, 5) is 7.59. The predicted octanol–water partition coefficient (Wildman–Crippen LogP) is 3.96. The van der Waals surface area contributed by atoms with E-state index < -0.39 is 12.9 Å². The Kier molecular flexibility index (Phi) is 5.97. The van der Waals surface area contributed by atoms with E-state index in [1.807, 2.05) is 19.3 Å². The first-order valence-corrected chi connectivity index (χ1v) is 10.7. The molecule has 10 nitrogen and oxygen atoms in total. The van der Waals surface area contributed by atoms with Gasteiger partial charge in [-0.15, -0.1) is 5.10 Å². The minimum Gasteiger partial charge on any atom is -0.403 e. The number of aryl methyl sites for hydroxylation is 1. The largest absolute Gasteiger partial charge is 0.403 e. The van der Waals surface area contributed by atoms with Crippen LogP contribution in [0.1, 0.15) is 11.8 Å². The summed E-state index contributed by atoms with van der Waals surface area (Å²) in [5.74, 6) is 0.303. The molecule has 0 radical (unpaired) electrons. The Morgan fingerprint density at radius 2 is 2.12 bits per heavy atom. The van der Waals surface area contributed by atoms with Crippen LogP contribution in [0.25, 0.3) is 33.6 Å². The predicted molar refractivity (Wildman–Crippen MR) is 125 cm³/mol. The molecular weight excluding hydrogens is 463 g/mol. The average molecular weight is 483 g/mol. The van der Waals surface area contributed by atoms with E-state index >= 15 is 0 Å². The lowest BCUT2D eigenvalue weighted by atomic mass is 10.1. The van der Waals surface area contributed by atoms with Gasteiger partial charge >= 0.3 is 6.01 Å². The second kappa shape index (κ2) is 9.21. The van der Waals surface area contributed by atoms with Crippen LogP contribution < -0.4 is 10.6 Å². The van der Waals surface area contributed by atoms with Crippen molar-refractivity contribution in [2.24, 2.45) is 7.05 Å². The number of aliphatic hydroxyl groups is 1. The first-order chi connectivity index (χ1) is 16.5. The van der Waals surface area contributed by atoms with E-state index in [-0.39, 0.29) is 12.6 Å². The molecule has 34 heavy (non-hydrogen) atoms. The number of alkyl halides is 1. The highest BCUT2D eigenvalue weighted by Gasteiger charge is 2.17. The van der Waals surface area contributed by atoms with Crippen LogP contribution in [0.4, 0.5) is 16.1 Å². The Hall–Kier alpha value is -3.80. The number of hydrogen-bond acceptors (Lipinski definition) is 8. The lowest BCUT2D eigenvalue weighted by Gasteiger charge is -2.13. The van der Waals surface area contributed by atoms with Crippen LogP contribution in [-0.4, -0.2) is 48.3 Å². The number of anilines is 2. The molecule has 174 valence electrons. The summed E-state index contributed by atoms with van der Waals surface area (Å²) in [5, 5.41) is 29.2. The minimum absolute atomic E-state index is 0.0383. The van der Waals surface area contributed by atoms with E-state index in [1.165, 1.54) is 0 Å². The molecule has 0 saturated carbocycles. The summed E-state index contributed by atoms with van der Waals surface area (Å²) < 4.78 is 19.8. The van der Waals surface area contributed by atoms with Crippen molar-refractivity contribution in [2.75, 3.05) is 18.5 Å². The van der Waals surface area contributed by atoms with Crippen molar-refractivity contribution in [3.63, 3.8) is 0 Å². The first-order valence-electron chi connectivity index (χ1n) is 10.4. The van der Waals surface area contributed by atoms with Crippen molar-refractivity contribution in [2.45, 2.75) is 6.23 Å². The zero-order valence-electron chi connectivity index (χ0n) is 18.0. The maximum atomic E-state index is 12.3. The van der Waals surface area contributed by atoms with Gasteiger partial charge in [-0.3, -0.25) is 10.00 Å². The molecule has 1 atom stereocenters. The second-order valence-corrected chi connectivity index (χ2v) is 7.95. The number of pyridine rings is 1. The van der Waals surface area contributed by atoms with Crippen LogP contribution in [0.5, 0.6) is 0 Å². The third-order valence-electron chi connectivity index (χ3n) is 5.21. The lowest BCUT2D eigenvalue weighted by molar-refractivity contribution is 0.136. The third-order valence-corrected chi connectivity index (χ3v) is 5.52. The van der Waals surface area contributed by atoms with E-state index in [2.05, 4.69) is 35.9 Å². The molecule has 1 unspecified atom stereocenters. The van der Waals surface area contributed by atoms with Gasteiger partial charge in [0.25, 0.3) is 5.89 Å². The Labute approximate surface area is 197 Å². The van der Waals surface area contributed by atoms with Gasteiger partial charge in [-0.05, 0) is 23.8 Å². The highest BCUT2D eigenvalue weighted by molar-refractivity contribution is 6.33. The van der Waals surface area contributed by atoms with Gasteiger partial charge in [0.2, 0.25) is 0 Å². The molecule has 5 aromatic rings. The minimum atomic E-state index is -1.02. The first kappa shape index (κ1) is 22.0. The van der Waals surface area contributed by atoms with Gasteiger partial charge in [0, 0.05) is 48.7 Å². The normalized spacial score (nSPS) is 12.4. The SMILES string of the molecule is Cn1cc(-c2cnc3[nH]cc(-c4nnc(Nc5ccc(C(O)NCCF)cc5Cl)o4)c3c2)cn1. The molecule has 12 heteroatoms. The second-order valence-electron chi connectivity index (χ2n) is 7.55. The number of nitrogens with zero attached hydrogens (tertiary/aromatic N) is 5. The standard InChI is InChI=1S/C22H20ClFN8O2/c1-32-11-14(9-28-32)13-6-15-16(10-27-19(15)26-8-13)21-30-31-22(34-21)29-18-3-2-12(7-17(18)23)20(33)25-5-4-24/h2-3,6-11,20,25,33H,4-5H2,1H3,(H,26,27)(H,29,31). The summed E-state index contributed by atoms with van der Waals surface area (Å²) in [5.41, 5.74) is 4.27. The molecule has 4 heterocycles. The topological polar surface area (TPSA) is 130 Å².